The van der Waals surface area contributed by atoms with E-state index in [0.29, 0.717) is 12.2 Å². The molecule has 2 N–H and O–H groups in total. The first-order valence-electron chi connectivity index (χ1n) is 5.92. The molecule has 0 aliphatic carbocycles. The van der Waals surface area contributed by atoms with E-state index in [-0.39, 0.29) is 4.99 Å². The average Bonchev–Trinajstić information content (AvgIpc) is 2.34. The van der Waals surface area contributed by atoms with Gasteiger partial charge in [-0.15, -0.1) is 0 Å². The molecular formula is C15H18N2OS. The van der Waals surface area contributed by atoms with Gasteiger partial charge in [-0.25, -0.2) is 0 Å². The number of nitrogens with zero attached hydrogens (tertiary/aromatic N) is 1. The molecule has 0 aromatic heterocycles. The van der Waals surface area contributed by atoms with Crippen molar-refractivity contribution in [2.24, 2.45) is 5.73 Å². The lowest BCUT2D eigenvalue weighted by Gasteiger charge is -2.15. The number of methoxy groups -OCH3 is 1. The van der Waals surface area contributed by atoms with Gasteiger partial charge in [0, 0.05) is 7.11 Å². The third-order valence-electron chi connectivity index (χ3n) is 3.15. The highest BCUT2D eigenvalue weighted by molar-refractivity contribution is 7.80. The predicted octanol–water partition coefficient (Wildman–Crippen LogP) is 2.95. The zero-order valence-electron chi connectivity index (χ0n) is 11.7. The summed E-state index contributed by atoms with van der Waals surface area (Å²) in [6.07, 6.45) is 1.76. The Labute approximate surface area is 119 Å². The van der Waals surface area contributed by atoms with E-state index in [4.69, 9.17) is 28.0 Å². The smallest absolute Gasteiger partial charge is 0.114 e. The first-order chi connectivity index (χ1) is 8.92. The van der Waals surface area contributed by atoms with Crippen LogP contribution in [0.2, 0.25) is 0 Å². The number of nitriles is 1. The Balaban J connectivity index is 3.48. The Morgan fingerprint density at radius 2 is 2.05 bits per heavy atom. The van der Waals surface area contributed by atoms with Crippen molar-refractivity contribution in [3.63, 3.8) is 0 Å². The van der Waals surface area contributed by atoms with Gasteiger partial charge in [0.25, 0.3) is 0 Å². The Bertz CT molecular complexity index is 583. The molecule has 0 saturated heterocycles. The highest BCUT2D eigenvalue weighted by Gasteiger charge is 2.11. The van der Waals surface area contributed by atoms with E-state index >= 15 is 0 Å². The third-order valence-corrected chi connectivity index (χ3v) is 3.37. The maximum atomic E-state index is 9.06. The molecule has 4 heteroatoms. The van der Waals surface area contributed by atoms with Crippen LogP contribution in [0.15, 0.2) is 11.6 Å². The number of hydrogen-bond acceptors (Lipinski definition) is 3. The van der Waals surface area contributed by atoms with E-state index in [0.717, 1.165) is 22.3 Å². The summed E-state index contributed by atoms with van der Waals surface area (Å²) in [7, 11) is 1.67. The second-order valence-electron chi connectivity index (χ2n) is 4.49. The molecule has 3 nitrogen and oxygen atoms in total. The van der Waals surface area contributed by atoms with E-state index in [1.807, 2.05) is 19.9 Å². The van der Waals surface area contributed by atoms with Crippen LogP contribution in [-0.4, -0.2) is 12.1 Å². The van der Waals surface area contributed by atoms with Crippen molar-refractivity contribution < 1.29 is 4.74 Å². The Kier molecular flexibility index (Phi) is 5.22. The fourth-order valence-corrected chi connectivity index (χ4v) is 2.24. The van der Waals surface area contributed by atoms with Gasteiger partial charge in [-0.3, -0.25) is 0 Å². The van der Waals surface area contributed by atoms with Crippen LogP contribution in [0.4, 0.5) is 0 Å². The molecule has 0 heterocycles. The van der Waals surface area contributed by atoms with Crippen LogP contribution in [-0.2, 0) is 11.3 Å². The molecule has 0 bridgehead atoms. The van der Waals surface area contributed by atoms with Gasteiger partial charge < -0.3 is 10.5 Å². The largest absolute Gasteiger partial charge is 0.389 e. The molecule has 0 atom stereocenters. The van der Waals surface area contributed by atoms with E-state index in [9.17, 15) is 0 Å². The molecule has 0 radical (unpaired) electrons. The molecule has 1 aromatic rings. The Hall–Kier alpha value is -1.70. The lowest BCUT2D eigenvalue weighted by molar-refractivity contribution is 0.184. The van der Waals surface area contributed by atoms with Crippen LogP contribution in [0.3, 0.4) is 0 Å². The minimum atomic E-state index is 0.121. The molecule has 0 unspecified atom stereocenters. The Morgan fingerprint density at radius 3 is 2.53 bits per heavy atom. The second-order valence-corrected chi connectivity index (χ2v) is 4.93. The quantitative estimate of drug-likeness (QED) is 0.521. The molecule has 0 saturated carbocycles. The van der Waals surface area contributed by atoms with Crippen LogP contribution in [0.25, 0.3) is 6.08 Å². The number of thiocarbonyl (C=S) groups is 1. The molecule has 0 aliphatic heterocycles. The normalized spacial score (nSPS) is 11.2. The number of nitrogens with two attached hydrogens (primary N) is 1. The zero-order chi connectivity index (χ0) is 14.6. The van der Waals surface area contributed by atoms with Gasteiger partial charge in [-0.2, -0.15) is 5.26 Å². The summed E-state index contributed by atoms with van der Waals surface area (Å²) < 4.78 is 5.23. The van der Waals surface area contributed by atoms with Gasteiger partial charge >= 0.3 is 0 Å². The van der Waals surface area contributed by atoms with Crippen molar-refractivity contribution in [1.29, 1.82) is 5.26 Å². The minimum absolute atomic E-state index is 0.121. The first-order valence-corrected chi connectivity index (χ1v) is 6.33. The van der Waals surface area contributed by atoms with Crippen LogP contribution in [0, 0.1) is 32.1 Å². The number of hydrogen-bond donors (Lipinski definition) is 1. The van der Waals surface area contributed by atoms with Crippen LogP contribution < -0.4 is 5.73 Å². The summed E-state index contributed by atoms with van der Waals surface area (Å²) in [5, 5.41) is 9.06. The highest BCUT2D eigenvalue weighted by atomic mass is 32.1. The van der Waals surface area contributed by atoms with Crippen molar-refractivity contribution >= 4 is 23.3 Å². The lowest BCUT2D eigenvalue weighted by Crippen LogP contribution is -2.10. The summed E-state index contributed by atoms with van der Waals surface area (Å²) >= 11 is 4.87. The number of aryl methyl sites for hydroxylation is 2. The molecule has 19 heavy (non-hydrogen) atoms. The molecular weight excluding hydrogens is 256 g/mol. The molecule has 1 aromatic carbocycles. The van der Waals surface area contributed by atoms with Crippen molar-refractivity contribution in [2.45, 2.75) is 27.4 Å². The monoisotopic (exact) mass is 274 g/mol. The molecule has 0 amide bonds. The highest BCUT2D eigenvalue weighted by Crippen LogP contribution is 2.25. The van der Waals surface area contributed by atoms with Crippen molar-refractivity contribution in [1.82, 2.24) is 0 Å². The van der Waals surface area contributed by atoms with Gasteiger partial charge in [-0.1, -0.05) is 18.3 Å². The van der Waals surface area contributed by atoms with E-state index in [2.05, 4.69) is 13.0 Å². The fraction of sp³-hybridized carbons (Fsp3) is 0.333. The van der Waals surface area contributed by atoms with Crippen LogP contribution in [0.5, 0.6) is 0 Å². The van der Waals surface area contributed by atoms with Gasteiger partial charge in [0.1, 0.15) is 11.1 Å². The number of benzene rings is 1. The molecule has 100 valence electrons. The molecule has 1 rings (SSSR count). The van der Waals surface area contributed by atoms with Gasteiger partial charge in [-0.05, 0) is 54.7 Å². The van der Waals surface area contributed by atoms with E-state index in [1.54, 1.807) is 13.2 Å². The fourth-order valence-electron chi connectivity index (χ4n) is 2.14. The summed E-state index contributed by atoms with van der Waals surface area (Å²) in [6.45, 7) is 6.64. The van der Waals surface area contributed by atoms with E-state index in [1.165, 1.54) is 5.56 Å². The van der Waals surface area contributed by atoms with Gasteiger partial charge in [0.2, 0.25) is 0 Å². The van der Waals surface area contributed by atoms with Crippen molar-refractivity contribution in [3.8, 4) is 6.07 Å². The van der Waals surface area contributed by atoms with Crippen molar-refractivity contribution in [3.05, 3.63) is 39.5 Å². The summed E-state index contributed by atoms with van der Waals surface area (Å²) in [4.78, 5) is 0.121. The van der Waals surface area contributed by atoms with Crippen LogP contribution >= 0.6 is 12.2 Å². The minimum Gasteiger partial charge on any atom is -0.389 e. The first kappa shape index (κ1) is 15.4. The topological polar surface area (TPSA) is 59.0 Å². The maximum absolute atomic E-state index is 9.06. The number of ether oxygens (including phenoxy) is 1. The summed E-state index contributed by atoms with van der Waals surface area (Å²) in [5.41, 5.74) is 11.4. The predicted molar refractivity (Wildman–Crippen MR) is 81.7 cm³/mol. The third kappa shape index (κ3) is 3.40. The maximum Gasteiger partial charge on any atom is 0.114 e. The summed E-state index contributed by atoms with van der Waals surface area (Å²) in [5.74, 6) is 0. The lowest BCUT2D eigenvalue weighted by atomic mass is 9.92. The van der Waals surface area contributed by atoms with Gasteiger partial charge in [0.15, 0.2) is 0 Å². The van der Waals surface area contributed by atoms with Crippen LogP contribution in [0.1, 0.15) is 27.8 Å². The standard InChI is InChI=1S/C15H18N2OS/c1-9-5-10(2)14(8-18-4)11(3)13(9)6-12(7-16)15(17)19/h5-6H,8H2,1-4H3,(H2,17,19)/b12-6+. The number of rotatable bonds is 4. The average molecular weight is 274 g/mol. The van der Waals surface area contributed by atoms with Gasteiger partial charge in [0.05, 0.1) is 12.2 Å². The SMILES string of the molecule is COCc1c(C)cc(C)c(/C=C(\C#N)C(N)=S)c1C. The Morgan fingerprint density at radius 1 is 1.42 bits per heavy atom. The van der Waals surface area contributed by atoms with E-state index < -0.39 is 0 Å². The zero-order valence-corrected chi connectivity index (χ0v) is 12.5. The molecule has 0 spiro atoms. The molecule has 0 fully saturated rings. The molecule has 0 aliphatic rings. The van der Waals surface area contributed by atoms with Crippen molar-refractivity contribution in [2.75, 3.05) is 7.11 Å². The second kappa shape index (κ2) is 6.46. The summed E-state index contributed by atoms with van der Waals surface area (Å²) in [6, 6.07) is 4.12.